The van der Waals surface area contributed by atoms with Crippen molar-refractivity contribution in [3.05, 3.63) is 0 Å². The number of carbonyl (C=O) groups excluding carboxylic acids is 1. The van der Waals surface area contributed by atoms with E-state index in [1.807, 2.05) is 0 Å². The van der Waals surface area contributed by atoms with Crippen LogP contribution >= 0.6 is 0 Å². The average Bonchev–Trinajstić information content (AvgIpc) is 2.93. The molecular formula is C11H19NO2. The maximum Gasteiger partial charge on any atom is 0.323 e. The molecule has 1 unspecified atom stereocenters. The van der Waals surface area contributed by atoms with Crippen LogP contribution in [0.3, 0.4) is 0 Å². The van der Waals surface area contributed by atoms with Crippen LogP contribution in [0, 0.1) is 5.41 Å². The van der Waals surface area contributed by atoms with Gasteiger partial charge in [-0.3, -0.25) is 9.69 Å². The minimum atomic E-state index is -0.0526. The molecule has 0 aromatic heterocycles. The van der Waals surface area contributed by atoms with Gasteiger partial charge in [0, 0.05) is 13.1 Å². The highest BCUT2D eigenvalue weighted by Gasteiger charge is 2.46. The van der Waals surface area contributed by atoms with Crippen LogP contribution in [0.25, 0.3) is 0 Å². The van der Waals surface area contributed by atoms with Crippen LogP contribution in [0.5, 0.6) is 0 Å². The normalized spacial score (nSPS) is 29.4. The van der Waals surface area contributed by atoms with Crippen LogP contribution in [-0.4, -0.2) is 37.1 Å². The van der Waals surface area contributed by atoms with Gasteiger partial charge in [0.2, 0.25) is 0 Å². The molecule has 2 rings (SSSR count). The molecule has 1 aliphatic heterocycles. The van der Waals surface area contributed by atoms with Gasteiger partial charge in [0.25, 0.3) is 0 Å². The van der Waals surface area contributed by atoms with Crippen molar-refractivity contribution in [2.45, 2.75) is 38.6 Å². The Hall–Kier alpha value is -0.570. The van der Waals surface area contributed by atoms with E-state index in [0.29, 0.717) is 5.41 Å². The van der Waals surface area contributed by atoms with Crippen LogP contribution in [-0.2, 0) is 9.53 Å². The quantitative estimate of drug-likeness (QED) is 0.638. The van der Waals surface area contributed by atoms with E-state index in [1.165, 1.54) is 26.4 Å². The van der Waals surface area contributed by atoms with Crippen LogP contribution in [0.15, 0.2) is 0 Å². The van der Waals surface area contributed by atoms with Crippen molar-refractivity contribution in [3.63, 3.8) is 0 Å². The van der Waals surface area contributed by atoms with Gasteiger partial charge in [-0.15, -0.1) is 0 Å². The van der Waals surface area contributed by atoms with Crippen molar-refractivity contribution in [1.29, 1.82) is 0 Å². The predicted molar refractivity (Wildman–Crippen MR) is 54.0 cm³/mol. The molecule has 3 nitrogen and oxygen atoms in total. The number of nitrogens with zero attached hydrogens (tertiary/aromatic N) is 1. The second-order valence-electron chi connectivity index (χ2n) is 4.65. The van der Waals surface area contributed by atoms with Crippen molar-refractivity contribution < 1.29 is 9.53 Å². The van der Waals surface area contributed by atoms with Crippen LogP contribution in [0.2, 0.25) is 0 Å². The summed E-state index contributed by atoms with van der Waals surface area (Å²) >= 11 is 0. The summed E-state index contributed by atoms with van der Waals surface area (Å²) in [4.78, 5) is 13.6. The summed E-state index contributed by atoms with van der Waals surface area (Å²) in [6.45, 7) is 4.42. The Morgan fingerprint density at radius 3 is 2.64 bits per heavy atom. The molecule has 2 fully saturated rings. The van der Waals surface area contributed by atoms with Gasteiger partial charge in [-0.05, 0) is 31.1 Å². The summed E-state index contributed by atoms with van der Waals surface area (Å²) < 4.78 is 4.77. The molecule has 0 radical (unpaired) electrons. The van der Waals surface area contributed by atoms with Gasteiger partial charge in [0.05, 0.1) is 7.11 Å². The molecule has 1 saturated heterocycles. The molecule has 0 N–H and O–H groups in total. The highest BCUT2D eigenvalue weighted by atomic mass is 16.5. The van der Waals surface area contributed by atoms with Gasteiger partial charge in [0.1, 0.15) is 6.04 Å². The van der Waals surface area contributed by atoms with Crippen LogP contribution in [0.4, 0.5) is 0 Å². The fourth-order valence-corrected chi connectivity index (χ4v) is 2.26. The average molecular weight is 197 g/mol. The Balaban J connectivity index is 1.85. The first-order valence-electron chi connectivity index (χ1n) is 5.53. The molecule has 80 valence electrons. The zero-order valence-electron chi connectivity index (χ0n) is 9.08. The lowest BCUT2D eigenvalue weighted by atomic mass is 9.96. The molecule has 2 aliphatic rings. The summed E-state index contributed by atoms with van der Waals surface area (Å²) in [6.07, 6.45) is 4.91. The molecule has 0 spiro atoms. The third-order valence-electron chi connectivity index (χ3n) is 3.85. The first kappa shape index (κ1) is 9.97. The Kier molecular flexibility index (Phi) is 2.52. The zero-order chi connectivity index (χ0) is 10.2. The number of esters is 1. The maximum absolute atomic E-state index is 11.3. The number of carbonyl (C=O) groups is 1. The van der Waals surface area contributed by atoms with E-state index in [-0.39, 0.29) is 12.0 Å². The van der Waals surface area contributed by atoms with E-state index >= 15 is 0 Å². The summed E-state index contributed by atoms with van der Waals surface area (Å²) in [6, 6.07) is 0.0593. The van der Waals surface area contributed by atoms with E-state index < -0.39 is 0 Å². The van der Waals surface area contributed by atoms with Crippen LogP contribution in [0.1, 0.15) is 32.6 Å². The number of methoxy groups -OCH3 is 1. The number of hydrogen-bond acceptors (Lipinski definition) is 3. The predicted octanol–water partition coefficient (Wildman–Crippen LogP) is 1.42. The van der Waals surface area contributed by atoms with E-state index in [0.717, 1.165) is 19.5 Å². The van der Waals surface area contributed by atoms with E-state index in [1.54, 1.807) is 0 Å². The van der Waals surface area contributed by atoms with Gasteiger partial charge in [-0.25, -0.2) is 0 Å². The molecule has 1 saturated carbocycles. The summed E-state index contributed by atoms with van der Waals surface area (Å²) in [5.41, 5.74) is 0.548. The van der Waals surface area contributed by atoms with Gasteiger partial charge >= 0.3 is 5.97 Å². The van der Waals surface area contributed by atoms with Crippen LogP contribution < -0.4 is 0 Å². The molecule has 1 atom stereocenters. The van der Waals surface area contributed by atoms with Gasteiger partial charge < -0.3 is 4.74 Å². The number of hydrogen-bond donors (Lipinski definition) is 0. The van der Waals surface area contributed by atoms with Gasteiger partial charge in [-0.1, -0.05) is 6.92 Å². The molecule has 3 heteroatoms. The Bertz CT molecular complexity index is 235. The highest BCUT2D eigenvalue weighted by Crippen LogP contribution is 2.50. The molecule has 0 bridgehead atoms. The lowest BCUT2D eigenvalue weighted by Gasteiger charge is -2.40. The SMILES string of the molecule is CCC1(CN2CCC2C(=O)OC)CC1. The monoisotopic (exact) mass is 197 g/mol. The minimum Gasteiger partial charge on any atom is -0.468 e. The Morgan fingerprint density at radius 1 is 1.57 bits per heavy atom. The molecular weight excluding hydrogens is 178 g/mol. The fourth-order valence-electron chi connectivity index (χ4n) is 2.26. The fraction of sp³-hybridized carbons (Fsp3) is 0.909. The number of ether oxygens (including phenoxy) is 1. The minimum absolute atomic E-state index is 0.0526. The summed E-state index contributed by atoms with van der Waals surface area (Å²) in [7, 11) is 1.48. The lowest BCUT2D eigenvalue weighted by molar-refractivity contribution is -0.152. The number of likely N-dealkylation sites (tertiary alicyclic amines) is 1. The lowest BCUT2D eigenvalue weighted by Crippen LogP contribution is -2.54. The third kappa shape index (κ3) is 1.65. The maximum atomic E-state index is 11.3. The Labute approximate surface area is 85.4 Å². The van der Waals surface area contributed by atoms with Gasteiger partial charge in [-0.2, -0.15) is 0 Å². The molecule has 0 aromatic rings. The van der Waals surface area contributed by atoms with Crippen molar-refractivity contribution in [2.24, 2.45) is 5.41 Å². The molecule has 0 amide bonds. The second-order valence-corrected chi connectivity index (χ2v) is 4.65. The number of rotatable bonds is 4. The van der Waals surface area contributed by atoms with Crippen molar-refractivity contribution in [1.82, 2.24) is 4.90 Å². The zero-order valence-corrected chi connectivity index (χ0v) is 9.08. The second kappa shape index (κ2) is 3.54. The summed E-state index contributed by atoms with van der Waals surface area (Å²) in [5.74, 6) is -0.0526. The largest absolute Gasteiger partial charge is 0.468 e. The van der Waals surface area contributed by atoms with E-state index in [2.05, 4.69) is 11.8 Å². The van der Waals surface area contributed by atoms with Crippen molar-refractivity contribution in [3.8, 4) is 0 Å². The van der Waals surface area contributed by atoms with Gasteiger partial charge in [0.15, 0.2) is 0 Å². The standard InChI is InChI=1S/C11H19NO2/c1-3-11(5-6-11)8-12-7-4-9(12)10(13)14-2/h9H,3-8H2,1-2H3. The summed E-state index contributed by atoms with van der Waals surface area (Å²) in [5, 5.41) is 0. The molecule has 1 aliphatic carbocycles. The first-order valence-corrected chi connectivity index (χ1v) is 5.53. The first-order chi connectivity index (χ1) is 6.71. The topological polar surface area (TPSA) is 29.5 Å². The Morgan fingerprint density at radius 2 is 2.29 bits per heavy atom. The molecule has 1 heterocycles. The van der Waals surface area contributed by atoms with E-state index in [9.17, 15) is 4.79 Å². The highest BCUT2D eigenvalue weighted by molar-refractivity contribution is 5.76. The molecule has 0 aromatic carbocycles. The van der Waals surface area contributed by atoms with Crippen molar-refractivity contribution >= 4 is 5.97 Å². The smallest absolute Gasteiger partial charge is 0.323 e. The van der Waals surface area contributed by atoms with Crippen molar-refractivity contribution in [2.75, 3.05) is 20.2 Å². The van der Waals surface area contributed by atoms with E-state index in [4.69, 9.17) is 4.74 Å². The molecule has 14 heavy (non-hydrogen) atoms. The third-order valence-corrected chi connectivity index (χ3v) is 3.85.